The van der Waals surface area contributed by atoms with Crippen molar-refractivity contribution in [1.29, 1.82) is 0 Å². The van der Waals surface area contributed by atoms with Gasteiger partial charge in [-0.2, -0.15) is 0 Å². The van der Waals surface area contributed by atoms with Gasteiger partial charge in [0.1, 0.15) is 11.3 Å². The number of primary amides is 1. The topological polar surface area (TPSA) is 149 Å². The summed E-state index contributed by atoms with van der Waals surface area (Å²) in [4.78, 5) is 36.8. The fourth-order valence-electron chi connectivity index (χ4n) is 3.21. The van der Waals surface area contributed by atoms with Crippen LogP contribution in [-0.2, 0) is 21.2 Å². The van der Waals surface area contributed by atoms with Crippen molar-refractivity contribution in [3.8, 4) is 5.75 Å². The normalized spacial score (nSPS) is 11.3. The van der Waals surface area contributed by atoms with Crippen LogP contribution in [0.5, 0.6) is 5.75 Å². The van der Waals surface area contributed by atoms with Crippen LogP contribution in [0.2, 0.25) is 5.02 Å². The molecule has 3 N–H and O–H groups in total. The highest BCUT2D eigenvalue weighted by Crippen LogP contribution is 2.32. The van der Waals surface area contributed by atoms with Crippen molar-refractivity contribution in [2.45, 2.75) is 13.3 Å². The molecule has 2 amide bonds. The maximum atomic E-state index is 12.7. The van der Waals surface area contributed by atoms with Gasteiger partial charge in [0.25, 0.3) is 0 Å². The Morgan fingerprint density at radius 2 is 1.91 bits per heavy atom. The van der Waals surface area contributed by atoms with Gasteiger partial charge >= 0.3 is 11.7 Å². The summed E-state index contributed by atoms with van der Waals surface area (Å²) >= 11 is 6.28. The summed E-state index contributed by atoms with van der Waals surface area (Å²) in [6.45, 7) is 1.73. The van der Waals surface area contributed by atoms with Crippen LogP contribution >= 0.6 is 11.6 Å². The number of sulfonamides is 1. The maximum absolute atomic E-state index is 12.7. The summed E-state index contributed by atoms with van der Waals surface area (Å²) in [5, 5.41) is 0.721. The van der Waals surface area contributed by atoms with E-state index in [-0.39, 0.29) is 28.5 Å². The molecule has 0 radical (unpaired) electrons. The molecular weight excluding hydrogens is 486 g/mol. The molecule has 2 aromatic carbocycles. The minimum absolute atomic E-state index is 0.0547. The highest BCUT2D eigenvalue weighted by atomic mass is 35.5. The quantitative estimate of drug-likeness (QED) is 0.467. The van der Waals surface area contributed by atoms with Gasteiger partial charge in [0, 0.05) is 43.2 Å². The second-order valence-electron chi connectivity index (χ2n) is 7.74. The lowest BCUT2D eigenvalue weighted by Crippen LogP contribution is -2.27. The summed E-state index contributed by atoms with van der Waals surface area (Å²) < 4.78 is 36.9. The highest BCUT2D eigenvalue weighted by molar-refractivity contribution is 7.93. The number of carbonyl (C=O) groups excluding carboxylic acids is 2. The third-order valence-corrected chi connectivity index (χ3v) is 6.32. The van der Waals surface area contributed by atoms with E-state index in [0.717, 1.165) is 0 Å². The van der Waals surface area contributed by atoms with Crippen LogP contribution < -0.4 is 20.8 Å². The third-order valence-electron chi connectivity index (χ3n) is 4.82. The summed E-state index contributed by atoms with van der Waals surface area (Å²) in [6, 6.07) is 9.30. The second kappa shape index (κ2) is 9.74. The number of carbonyl (C=O) groups is 2. The predicted octanol–water partition coefficient (Wildman–Crippen LogP) is 2.63. The van der Waals surface area contributed by atoms with Crippen molar-refractivity contribution in [2.24, 2.45) is 5.73 Å². The Kier molecular flexibility index (Phi) is 7.18. The Hall–Kier alpha value is -3.57. The Balaban J connectivity index is 1.95. The van der Waals surface area contributed by atoms with Gasteiger partial charge in [-0.15, -0.1) is 0 Å². The number of hydrogen-bond acceptors (Lipinski definition) is 7. The zero-order valence-corrected chi connectivity index (χ0v) is 20.1. The van der Waals surface area contributed by atoms with Gasteiger partial charge in [0.15, 0.2) is 5.75 Å². The number of hydrogen-bond donors (Lipinski definition) is 2. The van der Waals surface area contributed by atoms with Crippen molar-refractivity contribution in [3.63, 3.8) is 0 Å². The molecule has 3 aromatic rings. The number of amides is 2. The van der Waals surface area contributed by atoms with Gasteiger partial charge in [0.2, 0.25) is 15.9 Å². The maximum Gasteiger partial charge on any atom is 0.414 e. The van der Waals surface area contributed by atoms with E-state index in [0.29, 0.717) is 22.1 Å². The number of nitrogens with two attached hydrogens (primary N) is 1. The number of aryl methyl sites for hydroxylation is 1. The molecule has 0 fully saturated rings. The van der Waals surface area contributed by atoms with Crippen LogP contribution in [0, 0.1) is 6.92 Å². The van der Waals surface area contributed by atoms with E-state index in [9.17, 15) is 22.8 Å². The Labute approximate surface area is 200 Å². The predicted molar refractivity (Wildman–Crippen MR) is 128 cm³/mol. The Morgan fingerprint density at radius 3 is 2.56 bits per heavy atom. The average Bonchev–Trinajstić information content (AvgIpc) is 2.71. The van der Waals surface area contributed by atoms with Crippen molar-refractivity contribution in [3.05, 3.63) is 68.5 Å². The third kappa shape index (κ3) is 5.86. The van der Waals surface area contributed by atoms with Crippen LogP contribution in [-0.4, -0.2) is 45.2 Å². The molecular formula is C22H22ClN3O7S. The largest absolute Gasteiger partial charge is 0.422 e. The first-order valence-corrected chi connectivity index (χ1v) is 11.9. The van der Waals surface area contributed by atoms with Gasteiger partial charge in [-0.1, -0.05) is 23.7 Å². The van der Waals surface area contributed by atoms with E-state index in [1.165, 1.54) is 31.1 Å². The lowest BCUT2D eigenvalue weighted by Gasteiger charge is -2.14. The molecule has 0 aliphatic carbocycles. The van der Waals surface area contributed by atoms with Gasteiger partial charge in [-0.05, 0) is 36.2 Å². The summed E-state index contributed by atoms with van der Waals surface area (Å²) in [5.74, 6) is -1.78. The van der Waals surface area contributed by atoms with Crippen LogP contribution in [0.25, 0.3) is 11.0 Å². The summed E-state index contributed by atoms with van der Waals surface area (Å²) in [7, 11) is -0.911. The van der Waals surface area contributed by atoms with Crippen molar-refractivity contribution < 1.29 is 27.2 Å². The molecule has 10 nitrogen and oxygen atoms in total. The van der Waals surface area contributed by atoms with Crippen LogP contribution in [0.3, 0.4) is 0 Å². The number of benzene rings is 2. The number of nitrogens with one attached hydrogen (secondary N) is 1. The Morgan fingerprint density at radius 1 is 1.21 bits per heavy atom. The first-order chi connectivity index (χ1) is 15.9. The monoisotopic (exact) mass is 507 g/mol. The van der Waals surface area contributed by atoms with Crippen molar-refractivity contribution in [1.82, 2.24) is 4.90 Å². The molecule has 0 saturated carbocycles. The van der Waals surface area contributed by atoms with Crippen LogP contribution in [0.1, 0.15) is 16.7 Å². The molecule has 0 spiro atoms. The number of fused-ring (bicyclic) bond motifs is 1. The van der Waals surface area contributed by atoms with E-state index < -0.39 is 33.4 Å². The Bertz CT molecular complexity index is 1450. The number of anilines is 1. The molecule has 34 heavy (non-hydrogen) atoms. The van der Waals surface area contributed by atoms with E-state index in [1.807, 2.05) is 0 Å². The molecule has 1 heterocycles. The zero-order chi connectivity index (χ0) is 25.2. The summed E-state index contributed by atoms with van der Waals surface area (Å²) in [5.41, 5.74) is 6.36. The van der Waals surface area contributed by atoms with Gasteiger partial charge in [-0.25, -0.2) is 18.0 Å². The fraction of sp³-hybridized carbons (Fsp3) is 0.227. The van der Waals surface area contributed by atoms with E-state index >= 15 is 0 Å². The smallest absolute Gasteiger partial charge is 0.414 e. The molecule has 12 heteroatoms. The number of halogens is 1. The SMILES string of the molecule is Cc1c(Cc2cccc(NS(=O)(=O)CC(N)=O)c2)c(=O)oc2cc(OC(=O)N(C)C)c(Cl)cc12. The van der Waals surface area contributed by atoms with Crippen LogP contribution in [0.15, 0.2) is 45.6 Å². The van der Waals surface area contributed by atoms with E-state index in [2.05, 4.69) is 4.72 Å². The number of rotatable bonds is 7. The second-order valence-corrected chi connectivity index (χ2v) is 9.87. The molecule has 0 saturated heterocycles. The number of ether oxygens (including phenoxy) is 1. The highest BCUT2D eigenvalue weighted by Gasteiger charge is 2.18. The first kappa shape index (κ1) is 25.1. The minimum atomic E-state index is -3.95. The standard InChI is InChI=1S/C22H22ClN3O7S/c1-12-15-9-17(23)19(33-22(29)26(2)3)10-18(15)32-21(28)16(12)8-13-5-4-6-14(7-13)25-34(30,31)11-20(24)27/h4-7,9-10,25H,8,11H2,1-3H3,(H2,24,27). The summed E-state index contributed by atoms with van der Waals surface area (Å²) in [6.07, 6.45) is -0.493. The molecule has 0 aliphatic rings. The van der Waals surface area contributed by atoms with E-state index in [1.54, 1.807) is 31.2 Å². The van der Waals surface area contributed by atoms with Gasteiger partial charge < -0.3 is 19.8 Å². The molecule has 1 aromatic heterocycles. The fourth-order valence-corrected chi connectivity index (χ4v) is 4.34. The zero-order valence-electron chi connectivity index (χ0n) is 18.5. The molecule has 0 bridgehead atoms. The molecule has 180 valence electrons. The van der Waals surface area contributed by atoms with E-state index in [4.69, 9.17) is 26.5 Å². The minimum Gasteiger partial charge on any atom is -0.422 e. The number of nitrogens with zero attached hydrogens (tertiary/aromatic N) is 1. The van der Waals surface area contributed by atoms with Gasteiger partial charge in [-0.3, -0.25) is 9.52 Å². The van der Waals surface area contributed by atoms with Crippen molar-refractivity contribution >= 4 is 50.3 Å². The average molecular weight is 508 g/mol. The van der Waals surface area contributed by atoms with Crippen LogP contribution in [0.4, 0.5) is 10.5 Å². The molecule has 0 atom stereocenters. The van der Waals surface area contributed by atoms with Crippen molar-refractivity contribution in [2.75, 3.05) is 24.6 Å². The molecule has 0 aliphatic heterocycles. The molecule has 3 rings (SSSR count). The molecule has 0 unspecified atom stereocenters. The lowest BCUT2D eigenvalue weighted by molar-refractivity contribution is -0.115. The van der Waals surface area contributed by atoms with Gasteiger partial charge in [0.05, 0.1) is 5.02 Å². The first-order valence-electron chi connectivity index (χ1n) is 9.89. The lowest BCUT2D eigenvalue weighted by atomic mass is 9.99.